The topological polar surface area (TPSA) is 157 Å². The number of hydrogen-bond donors (Lipinski definition) is 2. The van der Waals surface area contributed by atoms with Gasteiger partial charge in [-0.25, -0.2) is 23.4 Å². The van der Waals surface area contributed by atoms with Gasteiger partial charge in [-0.3, -0.25) is 5.73 Å². The predicted octanol–water partition coefficient (Wildman–Crippen LogP) is -4.98. The van der Waals surface area contributed by atoms with Gasteiger partial charge in [-0.2, -0.15) is 0 Å². The second-order valence-corrected chi connectivity index (χ2v) is 3.07. The number of carbonyl (C=O) groups is 1. The van der Waals surface area contributed by atoms with Gasteiger partial charge in [0.25, 0.3) is 0 Å². The fourth-order valence-electron chi connectivity index (χ4n) is 0.709. The molecule has 0 saturated carbocycles. The van der Waals surface area contributed by atoms with Gasteiger partial charge in [-0.05, 0) is 12.1 Å². The average molecular weight is 238 g/mol. The number of benzene rings is 1. The lowest BCUT2D eigenvalue weighted by Crippen LogP contribution is -2.68. The highest BCUT2D eigenvalue weighted by Gasteiger charge is 2.07. The first kappa shape index (κ1) is 13.8. The van der Waals surface area contributed by atoms with Crippen molar-refractivity contribution in [2.24, 2.45) is 0 Å². The molecule has 7 nitrogen and oxygen atoms in total. The molecule has 0 spiro atoms. The SMILES string of the molecule is [NH3+]C(=O)c1ccccc1O.[O-][Cl+3]([O-])([O-])[O-]. The van der Waals surface area contributed by atoms with Crippen molar-refractivity contribution in [1.82, 2.24) is 0 Å². The van der Waals surface area contributed by atoms with Crippen molar-refractivity contribution in [2.45, 2.75) is 0 Å². The highest BCUT2D eigenvalue weighted by molar-refractivity contribution is 5.88. The number of phenols is 1. The summed E-state index contributed by atoms with van der Waals surface area (Å²) in [6.07, 6.45) is 0. The Labute approximate surface area is 86.7 Å². The fraction of sp³-hybridized carbons (Fsp3) is 0. The van der Waals surface area contributed by atoms with Crippen LogP contribution in [0, 0.1) is 10.2 Å². The smallest absolute Gasteiger partial charge is 0.344 e. The molecule has 0 heterocycles. The molecule has 84 valence electrons. The molecule has 0 radical (unpaired) electrons. The lowest BCUT2D eigenvalue weighted by atomic mass is 10.2. The van der Waals surface area contributed by atoms with Gasteiger partial charge in [0.05, 0.1) is 0 Å². The number of quaternary nitrogens is 1. The maximum Gasteiger partial charge on any atom is 0.344 e. The molecular weight excluding hydrogens is 230 g/mol. The number of hydrogen-bond acceptors (Lipinski definition) is 6. The molecule has 0 aliphatic heterocycles. The van der Waals surface area contributed by atoms with E-state index in [-0.39, 0.29) is 17.2 Å². The van der Waals surface area contributed by atoms with Crippen LogP contribution in [-0.4, -0.2) is 11.0 Å². The van der Waals surface area contributed by atoms with Crippen LogP contribution in [-0.2, 0) is 0 Å². The lowest BCUT2D eigenvalue weighted by Gasteiger charge is -2.17. The minimum Gasteiger partial charge on any atom is -0.507 e. The van der Waals surface area contributed by atoms with Crippen molar-refractivity contribution in [3.63, 3.8) is 0 Å². The summed E-state index contributed by atoms with van der Waals surface area (Å²) in [7, 11) is -4.94. The predicted molar refractivity (Wildman–Crippen MR) is 35.3 cm³/mol. The van der Waals surface area contributed by atoms with Crippen LogP contribution in [0.4, 0.5) is 0 Å². The summed E-state index contributed by atoms with van der Waals surface area (Å²) < 4.78 is 34.0. The normalized spacial score (nSPS) is 10.2. The van der Waals surface area contributed by atoms with Gasteiger partial charge in [0.1, 0.15) is 11.3 Å². The van der Waals surface area contributed by atoms with Gasteiger partial charge in [0.2, 0.25) is 0 Å². The highest BCUT2D eigenvalue weighted by Crippen LogP contribution is 2.13. The molecule has 4 N–H and O–H groups in total. The van der Waals surface area contributed by atoms with E-state index in [1.54, 1.807) is 12.1 Å². The minimum atomic E-state index is -4.94. The summed E-state index contributed by atoms with van der Waals surface area (Å²) in [6, 6.07) is 6.32. The average Bonchev–Trinajstić information content (AvgIpc) is 2.01. The number of rotatable bonds is 1. The van der Waals surface area contributed by atoms with Crippen molar-refractivity contribution in [3.8, 4) is 5.75 Å². The van der Waals surface area contributed by atoms with E-state index in [0.29, 0.717) is 0 Å². The summed E-state index contributed by atoms with van der Waals surface area (Å²) in [6.45, 7) is 0. The molecule has 1 aromatic rings. The van der Waals surface area contributed by atoms with Crippen LogP contribution in [0.1, 0.15) is 10.4 Å². The Morgan fingerprint density at radius 3 is 1.87 bits per heavy atom. The largest absolute Gasteiger partial charge is 0.507 e. The van der Waals surface area contributed by atoms with Crippen LogP contribution in [0.25, 0.3) is 0 Å². The van der Waals surface area contributed by atoms with E-state index in [1.165, 1.54) is 12.1 Å². The summed E-state index contributed by atoms with van der Waals surface area (Å²) >= 11 is 0. The van der Waals surface area contributed by atoms with Gasteiger partial charge in [-0.15, -0.1) is 10.2 Å². The number of carbonyl (C=O) groups excluding carboxylic acids is 1. The van der Waals surface area contributed by atoms with Crippen molar-refractivity contribution in [2.75, 3.05) is 0 Å². The molecule has 1 aromatic carbocycles. The molecule has 0 fully saturated rings. The van der Waals surface area contributed by atoms with Crippen LogP contribution in [0.15, 0.2) is 24.3 Å². The molecule has 1 amide bonds. The van der Waals surface area contributed by atoms with Crippen LogP contribution in [0.2, 0.25) is 0 Å². The van der Waals surface area contributed by atoms with Crippen molar-refractivity contribution in [1.29, 1.82) is 0 Å². The number of phenolic OH excluding ortho intramolecular Hbond substituents is 1. The number of amides is 1. The Balaban J connectivity index is 0.000000336. The zero-order valence-electron chi connectivity index (χ0n) is 7.38. The summed E-state index contributed by atoms with van der Waals surface area (Å²) in [5.74, 6) is -0.374. The van der Waals surface area contributed by atoms with Crippen LogP contribution in [0.3, 0.4) is 0 Å². The number of aromatic hydroxyl groups is 1. The molecule has 0 unspecified atom stereocenters. The molecule has 15 heavy (non-hydrogen) atoms. The first-order valence-electron chi connectivity index (χ1n) is 3.48. The summed E-state index contributed by atoms with van der Waals surface area (Å²) in [5.41, 5.74) is 3.44. The van der Waals surface area contributed by atoms with E-state index in [4.69, 9.17) is 23.7 Å². The Morgan fingerprint density at radius 1 is 1.20 bits per heavy atom. The second kappa shape index (κ2) is 5.61. The third kappa shape index (κ3) is 7.82. The van der Waals surface area contributed by atoms with Gasteiger partial charge < -0.3 is 5.11 Å². The molecule has 0 saturated heterocycles. The van der Waals surface area contributed by atoms with Gasteiger partial charge >= 0.3 is 5.91 Å². The third-order valence-corrected chi connectivity index (χ3v) is 1.20. The van der Waals surface area contributed by atoms with E-state index >= 15 is 0 Å². The quantitative estimate of drug-likeness (QED) is 0.498. The summed E-state index contributed by atoms with van der Waals surface area (Å²) in [4.78, 5) is 10.6. The van der Waals surface area contributed by atoms with Gasteiger partial charge in [0.15, 0.2) is 0 Å². The Morgan fingerprint density at radius 2 is 1.60 bits per heavy atom. The summed E-state index contributed by atoms with van der Waals surface area (Å²) in [5, 5.41) is 9.02. The molecule has 0 atom stereocenters. The number of para-hydroxylation sites is 1. The van der Waals surface area contributed by atoms with Crippen molar-refractivity contribution in [3.05, 3.63) is 29.8 Å². The number of halogens is 1. The second-order valence-electron chi connectivity index (χ2n) is 2.32. The Kier molecular flexibility index (Phi) is 5.15. The fourth-order valence-corrected chi connectivity index (χ4v) is 0.709. The van der Waals surface area contributed by atoms with Crippen LogP contribution < -0.4 is 24.4 Å². The molecule has 0 aromatic heterocycles. The molecule has 0 aliphatic rings. The molecule has 8 heteroatoms. The van der Waals surface area contributed by atoms with Crippen molar-refractivity contribution >= 4 is 5.91 Å². The standard InChI is InChI=1S/C7H7NO2.ClHO4/c8-7(10)5-3-1-2-4-6(5)9;2-1(3,4)5/h1-4,9H,(H2,8,10);(H,2,3,4,5). The Hall–Kier alpha value is -1.22. The van der Waals surface area contributed by atoms with Gasteiger partial charge in [-0.1, -0.05) is 12.1 Å². The maximum absolute atomic E-state index is 10.6. The lowest BCUT2D eigenvalue weighted by molar-refractivity contribution is -2.00. The zero-order valence-corrected chi connectivity index (χ0v) is 8.14. The molecule has 1 rings (SSSR count). The van der Waals surface area contributed by atoms with E-state index in [9.17, 15) is 4.79 Å². The Bertz CT molecular complexity index is 330. The molecule has 0 aliphatic carbocycles. The first-order chi connectivity index (χ1) is 6.72. The van der Waals surface area contributed by atoms with E-state index in [1.807, 2.05) is 0 Å². The monoisotopic (exact) mass is 237 g/mol. The highest BCUT2D eigenvalue weighted by atomic mass is 35.7. The van der Waals surface area contributed by atoms with E-state index in [0.717, 1.165) is 0 Å². The van der Waals surface area contributed by atoms with E-state index in [2.05, 4.69) is 5.73 Å². The molecular formula is C7H8ClNO6. The van der Waals surface area contributed by atoms with E-state index < -0.39 is 10.2 Å². The zero-order chi connectivity index (χ0) is 12.1. The minimum absolute atomic E-state index is 0.0116. The maximum atomic E-state index is 10.6. The van der Waals surface area contributed by atoms with Crippen LogP contribution >= 0.6 is 0 Å². The van der Waals surface area contributed by atoms with Crippen LogP contribution in [0.5, 0.6) is 5.75 Å². The van der Waals surface area contributed by atoms with Gasteiger partial charge in [0, 0.05) is 0 Å². The molecule has 0 bridgehead atoms. The third-order valence-electron chi connectivity index (χ3n) is 1.20. The van der Waals surface area contributed by atoms with Crippen molar-refractivity contribution < 1.29 is 44.5 Å². The first-order valence-corrected chi connectivity index (χ1v) is 4.71.